The second-order valence-electron chi connectivity index (χ2n) is 7.30. The lowest BCUT2D eigenvalue weighted by molar-refractivity contribution is 0.0656. The molecule has 3 heterocycles. The number of nitrogens with one attached hydrogen (secondary N) is 1. The van der Waals surface area contributed by atoms with Crippen molar-refractivity contribution in [2.24, 2.45) is 0 Å². The van der Waals surface area contributed by atoms with Gasteiger partial charge in [-0.05, 0) is 43.5 Å². The molecular weight excluding hydrogens is 352 g/mol. The lowest BCUT2D eigenvalue weighted by Gasteiger charge is -2.28. The Bertz CT molecular complexity index is 1010. The number of likely N-dealkylation sites (tertiary alicyclic amines) is 1. The quantitative estimate of drug-likeness (QED) is 0.720. The van der Waals surface area contributed by atoms with Gasteiger partial charge in [-0.2, -0.15) is 0 Å². The van der Waals surface area contributed by atoms with Gasteiger partial charge in [0.25, 0.3) is 11.5 Å². The number of amides is 1. The van der Waals surface area contributed by atoms with Crippen LogP contribution in [0.25, 0.3) is 11.1 Å². The van der Waals surface area contributed by atoms with Gasteiger partial charge in [0, 0.05) is 17.8 Å². The molecule has 1 fully saturated rings. The molecule has 0 aliphatic carbocycles. The van der Waals surface area contributed by atoms with E-state index in [1.165, 1.54) is 0 Å². The molecule has 1 unspecified atom stereocenters. The number of carbonyl (C=O) groups is 1. The highest BCUT2D eigenvalue weighted by atomic mass is 16.3. The number of hydrogen-bond acceptors (Lipinski definition) is 3. The van der Waals surface area contributed by atoms with E-state index in [9.17, 15) is 9.59 Å². The van der Waals surface area contributed by atoms with Gasteiger partial charge in [-0.3, -0.25) is 9.59 Å². The van der Waals surface area contributed by atoms with Gasteiger partial charge < -0.3 is 14.3 Å². The van der Waals surface area contributed by atoms with Crippen LogP contribution in [0.2, 0.25) is 0 Å². The van der Waals surface area contributed by atoms with Gasteiger partial charge in [0.1, 0.15) is 11.3 Å². The highest BCUT2D eigenvalue weighted by Crippen LogP contribution is 2.32. The summed E-state index contributed by atoms with van der Waals surface area (Å²) in [6, 6.07) is 15.1. The van der Waals surface area contributed by atoms with Crippen molar-refractivity contribution in [3.05, 3.63) is 82.2 Å². The smallest absolute Gasteiger partial charge is 0.261 e. The highest BCUT2D eigenvalue weighted by molar-refractivity contribution is 5.95. The normalized spacial score (nSPS) is 17.3. The predicted octanol–water partition coefficient (Wildman–Crippen LogP) is 4.70. The third-order valence-corrected chi connectivity index (χ3v) is 5.44. The van der Waals surface area contributed by atoms with Gasteiger partial charge in [0.2, 0.25) is 0 Å². The maximum absolute atomic E-state index is 13.4. The van der Waals surface area contributed by atoms with Gasteiger partial charge >= 0.3 is 0 Å². The van der Waals surface area contributed by atoms with Crippen molar-refractivity contribution in [3.63, 3.8) is 0 Å². The van der Waals surface area contributed by atoms with Gasteiger partial charge in [-0.1, -0.05) is 43.2 Å². The monoisotopic (exact) mass is 376 g/mol. The average molecular weight is 376 g/mol. The molecule has 1 atom stereocenters. The molecule has 5 nitrogen and oxygen atoms in total. The summed E-state index contributed by atoms with van der Waals surface area (Å²) >= 11 is 0. The first-order chi connectivity index (χ1) is 13.6. The van der Waals surface area contributed by atoms with Crippen LogP contribution in [-0.4, -0.2) is 22.3 Å². The van der Waals surface area contributed by atoms with E-state index in [1.54, 1.807) is 17.2 Å². The number of carbonyl (C=O) groups excluding carboxylic acids is 1. The Hall–Kier alpha value is -3.08. The van der Waals surface area contributed by atoms with Crippen LogP contribution in [0.15, 0.2) is 64.0 Å². The maximum Gasteiger partial charge on any atom is 0.261 e. The number of nitrogens with zero attached hydrogens (tertiary/aromatic N) is 1. The van der Waals surface area contributed by atoms with Crippen molar-refractivity contribution in [3.8, 4) is 11.1 Å². The van der Waals surface area contributed by atoms with E-state index in [0.717, 1.165) is 48.3 Å². The van der Waals surface area contributed by atoms with Crippen LogP contribution in [0.5, 0.6) is 0 Å². The van der Waals surface area contributed by atoms with Crippen molar-refractivity contribution in [2.75, 3.05) is 6.54 Å². The Morgan fingerprint density at radius 1 is 1.11 bits per heavy atom. The van der Waals surface area contributed by atoms with Crippen LogP contribution >= 0.6 is 0 Å². The molecular formula is C23H24N2O3. The number of rotatable bonds is 3. The summed E-state index contributed by atoms with van der Waals surface area (Å²) in [5.41, 5.74) is 2.44. The Morgan fingerprint density at radius 2 is 1.93 bits per heavy atom. The number of benzene rings is 1. The van der Waals surface area contributed by atoms with Gasteiger partial charge in [-0.25, -0.2) is 0 Å². The van der Waals surface area contributed by atoms with E-state index < -0.39 is 0 Å². The largest absolute Gasteiger partial charge is 0.467 e. The molecule has 0 bridgehead atoms. The first-order valence-corrected chi connectivity index (χ1v) is 9.79. The maximum atomic E-state index is 13.4. The van der Waals surface area contributed by atoms with E-state index in [1.807, 2.05) is 49.4 Å². The molecule has 3 aromatic rings. The molecule has 1 aromatic carbocycles. The number of aryl methyl sites for hydroxylation is 1. The predicted molar refractivity (Wildman–Crippen MR) is 108 cm³/mol. The summed E-state index contributed by atoms with van der Waals surface area (Å²) in [6.07, 6.45) is 5.51. The SMILES string of the molecule is Cc1[nH]c(=O)c(C(=O)N2CCCCCC2c2ccco2)cc1-c1ccccc1. The number of aromatic nitrogens is 1. The fraction of sp³-hybridized carbons (Fsp3) is 0.304. The summed E-state index contributed by atoms with van der Waals surface area (Å²) in [4.78, 5) is 30.8. The number of hydrogen-bond donors (Lipinski definition) is 1. The first kappa shape index (κ1) is 18.3. The Morgan fingerprint density at radius 3 is 2.68 bits per heavy atom. The summed E-state index contributed by atoms with van der Waals surface area (Å²) in [6.45, 7) is 2.48. The van der Waals surface area contributed by atoms with E-state index >= 15 is 0 Å². The van der Waals surface area contributed by atoms with Crippen molar-refractivity contribution in [2.45, 2.75) is 38.6 Å². The summed E-state index contributed by atoms with van der Waals surface area (Å²) < 4.78 is 5.61. The molecule has 0 saturated carbocycles. The van der Waals surface area contributed by atoms with Crippen molar-refractivity contribution < 1.29 is 9.21 Å². The number of H-pyrrole nitrogens is 1. The Labute approximate surface area is 164 Å². The van der Waals surface area contributed by atoms with Crippen LogP contribution in [-0.2, 0) is 0 Å². The third kappa shape index (κ3) is 3.52. The van der Waals surface area contributed by atoms with Crippen LogP contribution in [0.4, 0.5) is 0 Å². The lowest BCUT2D eigenvalue weighted by Crippen LogP contribution is -2.37. The summed E-state index contributed by atoms with van der Waals surface area (Å²) in [7, 11) is 0. The fourth-order valence-corrected chi connectivity index (χ4v) is 3.98. The second-order valence-corrected chi connectivity index (χ2v) is 7.30. The van der Waals surface area contributed by atoms with Crippen molar-refractivity contribution in [1.82, 2.24) is 9.88 Å². The number of aromatic amines is 1. The van der Waals surface area contributed by atoms with Crippen molar-refractivity contribution >= 4 is 5.91 Å². The Kier molecular flexibility index (Phi) is 5.15. The number of furan rings is 1. The van der Waals surface area contributed by atoms with Gasteiger partial charge in [0.05, 0.1) is 12.3 Å². The molecule has 144 valence electrons. The third-order valence-electron chi connectivity index (χ3n) is 5.44. The topological polar surface area (TPSA) is 66.3 Å². The molecule has 28 heavy (non-hydrogen) atoms. The van der Waals surface area contributed by atoms with Crippen molar-refractivity contribution in [1.29, 1.82) is 0 Å². The molecule has 0 radical (unpaired) electrons. The summed E-state index contributed by atoms with van der Waals surface area (Å²) in [5, 5.41) is 0. The van der Waals surface area contributed by atoms with Crippen LogP contribution < -0.4 is 5.56 Å². The fourth-order valence-electron chi connectivity index (χ4n) is 3.98. The molecule has 1 aliphatic rings. The zero-order valence-electron chi connectivity index (χ0n) is 16.0. The van der Waals surface area contributed by atoms with Gasteiger partial charge in [-0.15, -0.1) is 0 Å². The van der Waals surface area contributed by atoms with Gasteiger partial charge in [0.15, 0.2) is 0 Å². The first-order valence-electron chi connectivity index (χ1n) is 9.79. The van der Waals surface area contributed by atoms with Crippen LogP contribution in [0, 0.1) is 6.92 Å². The van der Waals surface area contributed by atoms with E-state index in [4.69, 9.17) is 4.42 Å². The van der Waals surface area contributed by atoms with E-state index in [-0.39, 0.29) is 23.1 Å². The molecule has 1 aliphatic heterocycles. The minimum Gasteiger partial charge on any atom is -0.467 e. The highest BCUT2D eigenvalue weighted by Gasteiger charge is 2.30. The summed E-state index contributed by atoms with van der Waals surface area (Å²) in [5.74, 6) is 0.545. The van der Waals surface area contributed by atoms with Crippen LogP contribution in [0.3, 0.4) is 0 Å². The van der Waals surface area contributed by atoms with E-state index in [0.29, 0.717) is 6.54 Å². The second kappa shape index (κ2) is 7.89. The zero-order valence-corrected chi connectivity index (χ0v) is 16.0. The molecule has 4 rings (SSSR count). The molecule has 0 spiro atoms. The standard InChI is InChI=1S/C23H24N2O3/c1-16-18(17-9-4-2-5-10-17)15-19(22(26)24-16)23(27)25-13-7-3-6-11-20(25)21-12-8-14-28-21/h2,4-5,8-10,12,14-15,20H,3,6-7,11,13H2,1H3,(H,24,26). The van der Waals surface area contributed by atoms with Crippen LogP contribution in [0.1, 0.15) is 53.5 Å². The molecule has 1 N–H and O–H groups in total. The zero-order chi connectivity index (χ0) is 19.5. The molecule has 2 aromatic heterocycles. The minimum absolute atomic E-state index is 0.133. The lowest BCUT2D eigenvalue weighted by atomic mass is 10.0. The Balaban J connectivity index is 1.75. The van der Waals surface area contributed by atoms with E-state index in [2.05, 4.69) is 4.98 Å². The average Bonchev–Trinajstić information content (AvgIpc) is 3.13. The minimum atomic E-state index is -0.343. The number of pyridine rings is 1. The molecule has 5 heteroatoms. The molecule has 1 amide bonds. The molecule has 1 saturated heterocycles.